The number of hydrogen-bond donors (Lipinski definition) is 1. The zero-order valence-corrected chi connectivity index (χ0v) is 8.63. The number of phenolic OH excluding ortho intramolecular Hbond substituents is 1. The zero-order valence-electron chi connectivity index (χ0n) is 7.11. The van der Waals surface area contributed by atoms with E-state index in [1.165, 1.54) is 0 Å². The van der Waals surface area contributed by atoms with Crippen molar-refractivity contribution in [3.8, 4) is 11.4 Å². The van der Waals surface area contributed by atoms with Gasteiger partial charge in [0.25, 0.3) is 0 Å². The van der Waals surface area contributed by atoms with E-state index in [1.54, 1.807) is 35.0 Å². The van der Waals surface area contributed by atoms with E-state index < -0.39 is 0 Å². The van der Waals surface area contributed by atoms with Gasteiger partial charge in [-0.15, -0.1) is 0 Å². The van der Waals surface area contributed by atoms with E-state index in [9.17, 15) is 5.11 Å². The van der Waals surface area contributed by atoms with Crippen molar-refractivity contribution in [1.29, 1.82) is 0 Å². The van der Waals surface area contributed by atoms with Gasteiger partial charge in [-0.3, -0.25) is 0 Å². The van der Waals surface area contributed by atoms with Gasteiger partial charge >= 0.3 is 0 Å². The first-order chi connectivity index (χ1) is 6.68. The Morgan fingerprint density at radius 3 is 2.43 bits per heavy atom. The first-order valence-corrected chi connectivity index (χ1v) is 4.76. The minimum atomic E-state index is 0.168. The van der Waals surface area contributed by atoms with Crippen LogP contribution in [0, 0.1) is 0 Å². The smallest absolute Gasteiger partial charge is 0.139 e. The molecule has 0 amide bonds. The Morgan fingerprint density at radius 1 is 1.14 bits per heavy atom. The Bertz CT molecular complexity index is 465. The number of halogens is 2. The van der Waals surface area contributed by atoms with E-state index >= 15 is 0 Å². The molecule has 2 aromatic rings. The predicted octanol–water partition coefficient (Wildman–Crippen LogP) is 3.49. The lowest BCUT2D eigenvalue weighted by Crippen LogP contribution is -1.91. The standard InChI is InChI=1S/C10H7Cl2NO/c11-7-5-10(12)13(6-7)8-3-1-2-4-9(8)14/h1-6,14H. The number of rotatable bonds is 1. The number of aromatic nitrogens is 1. The van der Waals surface area contributed by atoms with Crippen LogP contribution in [0.25, 0.3) is 5.69 Å². The van der Waals surface area contributed by atoms with Crippen LogP contribution < -0.4 is 0 Å². The lowest BCUT2D eigenvalue weighted by atomic mass is 10.3. The van der Waals surface area contributed by atoms with Crippen molar-refractivity contribution >= 4 is 23.2 Å². The van der Waals surface area contributed by atoms with Crippen molar-refractivity contribution in [2.24, 2.45) is 0 Å². The second-order valence-corrected chi connectivity index (χ2v) is 3.66. The van der Waals surface area contributed by atoms with E-state index in [-0.39, 0.29) is 5.75 Å². The summed E-state index contributed by atoms with van der Waals surface area (Å²) in [5.74, 6) is 0.168. The Morgan fingerprint density at radius 2 is 1.86 bits per heavy atom. The van der Waals surface area contributed by atoms with E-state index in [4.69, 9.17) is 23.2 Å². The van der Waals surface area contributed by atoms with Crippen molar-refractivity contribution in [1.82, 2.24) is 4.57 Å². The van der Waals surface area contributed by atoms with Gasteiger partial charge in [0.05, 0.1) is 10.7 Å². The molecule has 1 N–H and O–H groups in total. The summed E-state index contributed by atoms with van der Waals surface area (Å²) in [6.07, 6.45) is 1.65. The summed E-state index contributed by atoms with van der Waals surface area (Å²) in [5, 5.41) is 10.6. The summed E-state index contributed by atoms with van der Waals surface area (Å²) < 4.78 is 1.62. The van der Waals surface area contributed by atoms with E-state index in [0.29, 0.717) is 15.9 Å². The summed E-state index contributed by atoms with van der Waals surface area (Å²) >= 11 is 11.7. The fourth-order valence-electron chi connectivity index (χ4n) is 1.26. The minimum absolute atomic E-state index is 0.168. The predicted molar refractivity (Wildman–Crippen MR) is 57.5 cm³/mol. The fraction of sp³-hybridized carbons (Fsp3) is 0. The van der Waals surface area contributed by atoms with Gasteiger partial charge in [-0.05, 0) is 18.2 Å². The van der Waals surface area contributed by atoms with E-state index in [2.05, 4.69) is 0 Å². The molecule has 1 aromatic heterocycles. The highest BCUT2D eigenvalue weighted by Crippen LogP contribution is 2.28. The number of aromatic hydroxyl groups is 1. The third-order valence-electron chi connectivity index (χ3n) is 1.88. The molecule has 0 radical (unpaired) electrons. The molecule has 0 spiro atoms. The van der Waals surface area contributed by atoms with Crippen molar-refractivity contribution in [2.45, 2.75) is 0 Å². The van der Waals surface area contributed by atoms with Crippen molar-refractivity contribution in [3.63, 3.8) is 0 Å². The zero-order chi connectivity index (χ0) is 10.1. The summed E-state index contributed by atoms with van der Waals surface area (Å²) in [4.78, 5) is 0. The maximum atomic E-state index is 9.58. The van der Waals surface area contributed by atoms with Crippen LogP contribution in [0.5, 0.6) is 5.75 Å². The van der Waals surface area contributed by atoms with Crippen LogP contribution >= 0.6 is 23.2 Å². The first-order valence-electron chi connectivity index (χ1n) is 4.00. The average molecular weight is 228 g/mol. The average Bonchev–Trinajstić information content (AvgIpc) is 2.46. The molecule has 0 saturated carbocycles. The molecule has 0 aliphatic rings. The van der Waals surface area contributed by atoms with Crippen LogP contribution in [0.15, 0.2) is 36.5 Å². The van der Waals surface area contributed by atoms with Gasteiger partial charge in [-0.2, -0.15) is 0 Å². The second-order valence-electron chi connectivity index (χ2n) is 2.84. The van der Waals surface area contributed by atoms with Gasteiger partial charge < -0.3 is 9.67 Å². The molecule has 1 aromatic carbocycles. The molecular formula is C10H7Cl2NO. The maximum Gasteiger partial charge on any atom is 0.139 e. The molecule has 0 saturated heterocycles. The van der Waals surface area contributed by atoms with Crippen molar-refractivity contribution in [2.75, 3.05) is 0 Å². The molecule has 0 aliphatic heterocycles. The van der Waals surface area contributed by atoms with E-state index in [0.717, 1.165) is 0 Å². The largest absolute Gasteiger partial charge is 0.506 e. The highest BCUT2D eigenvalue weighted by molar-refractivity contribution is 6.34. The quantitative estimate of drug-likeness (QED) is 0.793. The normalized spacial score (nSPS) is 10.4. The number of benzene rings is 1. The molecule has 0 fully saturated rings. The molecule has 2 nitrogen and oxygen atoms in total. The highest BCUT2D eigenvalue weighted by Gasteiger charge is 2.07. The topological polar surface area (TPSA) is 25.2 Å². The van der Waals surface area contributed by atoms with Crippen LogP contribution in [0.3, 0.4) is 0 Å². The summed E-state index contributed by atoms with van der Waals surface area (Å²) in [5.41, 5.74) is 0.615. The van der Waals surface area contributed by atoms with Gasteiger partial charge in [0, 0.05) is 6.20 Å². The maximum absolute atomic E-state index is 9.58. The lowest BCUT2D eigenvalue weighted by Gasteiger charge is -2.06. The highest BCUT2D eigenvalue weighted by atomic mass is 35.5. The molecular weight excluding hydrogens is 221 g/mol. The number of nitrogens with zero attached hydrogens (tertiary/aromatic N) is 1. The third kappa shape index (κ3) is 1.59. The summed E-state index contributed by atoms with van der Waals surface area (Å²) in [6, 6.07) is 8.55. The van der Waals surface area contributed by atoms with Gasteiger partial charge in [-0.25, -0.2) is 0 Å². The molecule has 0 aliphatic carbocycles. The van der Waals surface area contributed by atoms with Gasteiger partial charge in [0.1, 0.15) is 10.9 Å². The van der Waals surface area contributed by atoms with Crippen LogP contribution in [-0.4, -0.2) is 9.67 Å². The Hall–Kier alpha value is -1.12. The van der Waals surface area contributed by atoms with Gasteiger partial charge in [-0.1, -0.05) is 35.3 Å². The Balaban J connectivity index is 2.60. The van der Waals surface area contributed by atoms with Crippen molar-refractivity contribution in [3.05, 3.63) is 46.7 Å². The fourth-order valence-corrected chi connectivity index (χ4v) is 1.77. The van der Waals surface area contributed by atoms with Crippen LogP contribution in [0.1, 0.15) is 0 Å². The Labute approximate surface area is 91.3 Å². The summed E-state index contributed by atoms with van der Waals surface area (Å²) in [7, 11) is 0. The van der Waals surface area contributed by atoms with Gasteiger partial charge in [0.2, 0.25) is 0 Å². The molecule has 0 atom stereocenters. The first kappa shape index (κ1) is 9.44. The number of hydrogen-bond acceptors (Lipinski definition) is 1. The molecule has 14 heavy (non-hydrogen) atoms. The number of phenols is 1. The van der Waals surface area contributed by atoms with E-state index in [1.807, 2.05) is 6.07 Å². The Kier molecular flexibility index (Phi) is 2.40. The molecule has 0 unspecified atom stereocenters. The third-order valence-corrected chi connectivity index (χ3v) is 2.38. The molecule has 0 bridgehead atoms. The van der Waals surface area contributed by atoms with Crippen molar-refractivity contribution < 1.29 is 5.11 Å². The SMILES string of the molecule is Oc1ccccc1-n1cc(Cl)cc1Cl. The molecule has 2 rings (SSSR count). The minimum Gasteiger partial charge on any atom is -0.506 e. The lowest BCUT2D eigenvalue weighted by molar-refractivity contribution is 0.472. The molecule has 4 heteroatoms. The van der Waals surface area contributed by atoms with Crippen LogP contribution in [0.4, 0.5) is 0 Å². The molecule has 1 heterocycles. The monoisotopic (exact) mass is 227 g/mol. The summed E-state index contributed by atoms with van der Waals surface area (Å²) in [6.45, 7) is 0. The van der Waals surface area contributed by atoms with Gasteiger partial charge in [0.15, 0.2) is 0 Å². The number of para-hydroxylation sites is 2. The van der Waals surface area contributed by atoms with Crippen LogP contribution in [-0.2, 0) is 0 Å². The van der Waals surface area contributed by atoms with Crippen LogP contribution in [0.2, 0.25) is 10.2 Å². The molecule has 72 valence electrons. The second kappa shape index (κ2) is 3.56.